The van der Waals surface area contributed by atoms with Crippen molar-refractivity contribution in [2.45, 2.75) is 72.3 Å². The number of halogens is 3. The highest BCUT2D eigenvalue weighted by Crippen LogP contribution is 2.40. The van der Waals surface area contributed by atoms with Crippen LogP contribution in [-0.2, 0) is 4.79 Å². The molecule has 9 heteroatoms. The fourth-order valence-electron chi connectivity index (χ4n) is 4.14. The van der Waals surface area contributed by atoms with E-state index in [1.54, 1.807) is 6.20 Å². The number of hydrogen-bond donors (Lipinski definition) is 2. The van der Waals surface area contributed by atoms with Crippen molar-refractivity contribution in [3.05, 3.63) is 60.8 Å². The highest BCUT2D eigenvalue weighted by atomic mass is 19.4. The summed E-state index contributed by atoms with van der Waals surface area (Å²) >= 11 is 0. The smallest absolute Gasteiger partial charge is 0.406 e. The van der Waals surface area contributed by atoms with Gasteiger partial charge in [0.1, 0.15) is 11.6 Å². The van der Waals surface area contributed by atoms with Crippen LogP contribution in [0.1, 0.15) is 65.9 Å². The zero-order valence-electron chi connectivity index (χ0n) is 23.4. The van der Waals surface area contributed by atoms with Crippen molar-refractivity contribution in [2.75, 3.05) is 23.3 Å². The molecule has 39 heavy (non-hydrogen) atoms. The van der Waals surface area contributed by atoms with Crippen molar-refractivity contribution in [1.82, 2.24) is 4.98 Å². The summed E-state index contributed by atoms with van der Waals surface area (Å²) in [7, 11) is 0. The Balaban J connectivity index is 0.000000673. The normalized spacial score (nSPS) is 14.2. The first-order valence-electron chi connectivity index (χ1n) is 13.3. The number of rotatable bonds is 11. The molecule has 0 radical (unpaired) electrons. The van der Waals surface area contributed by atoms with Crippen molar-refractivity contribution in [1.29, 1.82) is 0 Å². The number of allylic oxidation sites excluding steroid dienone is 3. The van der Waals surface area contributed by atoms with Crippen LogP contribution in [0.15, 0.2) is 55.3 Å². The summed E-state index contributed by atoms with van der Waals surface area (Å²) in [6.45, 7) is 14.6. The molecular weight excluding hydrogens is 507 g/mol. The van der Waals surface area contributed by atoms with Gasteiger partial charge in [0.05, 0.1) is 5.60 Å². The molecule has 0 atom stereocenters. The van der Waals surface area contributed by atoms with E-state index in [0.717, 1.165) is 49.2 Å². The molecule has 214 valence electrons. The van der Waals surface area contributed by atoms with Gasteiger partial charge in [0.2, 0.25) is 0 Å². The van der Waals surface area contributed by atoms with E-state index in [2.05, 4.69) is 46.4 Å². The zero-order valence-corrected chi connectivity index (χ0v) is 23.4. The molecule has 6 nitrogen and oxygen atoms in total. The number of carbonyl (C=O) groups is 1. The minimum absolute atomic E-state index is 0.141. The van der Waals surface area contributed by atoms with Gasteiger partial charge in [-0.05, 0) is 75.1 Å². The van der Waals surface area contributed by atoms with Crippen LogP contribution in [0.5, 0.6) is 5.75 Å². The SMILES string of the molecule is C=CC(=O)CCC.CC/C=C(\CC)c1c(N2CC(C(C)(C)O)C2)ccnc1Nc1ccc(OC(F)(F)F)cc1. The number of hydrogen-bond acceptors (Lipinski definition) is 6. The summed E-state index contributed by atoms with van der Waals surface area (Å²) in [5.41, 5.74) is 3.01. The molecule has 2 N–H and O–H groups in total. The summed E-state index contributed by atoms with van der Waals surface area (Å²) < 4.78 is 41.2. The number of carbonyl (C=O) groups excluding carboxylic acids is 1. The second-order valence-electron chi connectivity index (χ2n) is 9.92. The fraction of sp³-hybridized carbons (Fsp3) is 0.467. The number of aromatic nitrogens is 1. The Morgan fingerprint density at radius 2 is 1.82 bits per heavy atom. The molecule has 0 unspecified atom stereocenters. The van der Waals surface area contributed by atoms with E-state index < -0.39 is 12.0 Å². The number of benzene rings is 1. The third-order valence-electron chi connectivity index (χ3n) is 6.38. The average molecular weight is 548 g/mol. The van der Waals surface area contributed by atoms with Gasteiger partial charge >= 0.3 is 6.36 Å². The molecular formula is C30H40F3N3O3. The van der Waals surface area contributed by atoms with Crippen molar-refractivity contribution < 1.29 is 27.8 Å². The minimum Gasteiger partial charge on any atom is -0.406 e. The predicted molar refractivity (Wildman–Crippen MR) is 151 cm³/mol. The summed E-state index contributed by atoms with van der Waals surface area (Å²) in [5.74, 6) is 0.687. The van der Waals surface area contributed by atoms with Gasteiger partial charge in [-0.1, -0.05) is 33.4 Å². The van der Waals surface area contributed by atoms with Crippen LogP contribution in [0.4, 0.5) is 30.4 Å². The van der Waals surface area contributed by atoms with Crippen molar-refractivity contribution >= 4 is 28.5 Å². The molecule has 2 aromatic rings. The van der Waals surface area contributed by atoms with E-state index in [9.17, 15) is 23.1 Å². The van der Waals surface area contributed by atoms with E-state index >= 15 is 0 Å². The number of ketones is 1. The molecule has 0 spiro atoms. The Kier molecular flexibility index (Phi) is 11.6. The molecule has 1 aliphatic heterocycles. The lowest BCUT2D eigenvalue weighted by Crippen LogP contribution is -2.56. The summed E-state index contributed by atoms with van der Waals surface area (Å²) in [6, 6.07) is 7.57. The number of nitrogens with zero attached hydrogens (tertiary/aromatic N) is 2. The zero-order chi connectivity index (χ0) is 29.2. The van der Waals surface area contributed by atoms with Crippen LogP contribution < -0.4 is 15.0 Å². The Bertz CT molecular complexity index is 1120. The van der Waals surface area contributed by atoms with Gasteiger partial charge in [-0.2, -0.15) is 0 Å². The van der Waals surface area contributed by atoms with E-state index in [1.165, 1.54) is 30.3 Å². The molecule has 1 saturated heterocycles. The quantitative estimate of drug-likeness (QED) is 0.281. The maximum absolute atomic E-state index is 12.4. The van der Waals surface area contributed by atoms with Crippen molar-refractivity contribution in [3.8, 4) is 5.75 Å². The fourth-order valence-corrected chi connectivity index (χ4v) is 4.14. The number of pyridine rings is 1. The first-order valence-corrected chi connectivity index (χ1v) is 13.3. The lowest BCUT2D eigenvalue weighted by Gasteiger charge is -2.47. The predicted octanol–water partition coefficient (Wildman–Crippen LogP) is 7.68. The Labute approximate surface area is 229 Å². The third-order valence-corrected chi connectivity index (χ3v) is 6.38. The third kappa shape index (κ3) is 9.73. The van der Waals surface area contributed by atoms with Gasteiger partial charge < -0.3 is 20.1 Å². The van der Waals surface area contributed by atoms with Crippen LogP contribution in [-0.4, -0.2) is 40.9 Å². The van der Waals surface area contributed by atoms with Crippen LogP contribution in [0, 0.1) is 5.92 Å². The standard InChI is InChI=1S/C24H30F3N3O2.C6H10O/c1-5-7-16(6-2)21-20(30-14-17(15-30)23(3,4)31)12-13-28-22(21)29-18-8-10-19(11-9-18)32-24(25,26)27;1-3-5-6(7)4-2/h7-13,17,31H,5-6,14-15H2,1-4H3,(H,28,29);4H,2-3,5H2,1H3/b16-7+;. The highest BCUT2D eigenvalue weighted by Gasteiger charge is 2.38. The number of ether oxygens (including phenoxy) is 1. The Morgan fingerprint density at radius 1 is 1.18 bits per heavy atom. The summed E-state index contributed by atoms with van der Waals surface area (Å²) in [6.07, 6.45) is 3.77. The maximum Gasteiger partial charge on any atom is 0.573 e. The van der Waals surface area contributed by atoms with Crippen molar-refractivity contribution in [3.63, 3.8) is 0 Å². The lowest BCUT2D eigenvalue weighted by atomic mass is 9.83. The van der Waals surface area contributed by atoms with Gasteiger partial charge in [0.25, 0.3) is 0 Å². The summed E-state index contributed by atoms with van der Waals surface area (Å²) in [4.78, 5) is 17.1. The van der Waals surface area contributed by atoms with Crippen LogP contribution in [0.2, 0.25) is 0 Å². The average Bonchev–Trinajstić information content (AvgIpc) is 2.82. The molecule has 1 aromatic heterocycles. The second-order valence-corrected chi connectivity index (χ2v) is 9.92. The van der Waals surface area contributed by atoms with Crippen molar-refractivity contribution in [2.24, 2.45) is 5.92 Å². The Morgan fingerprint density at radius 3 is 2.28 bits per heavy atom. The first-order chi connectivity index (χ1) is 18.3. The maximum atomic E-state index is 12.4. The van der Waals surface area contributed by atoms with E-state index in [4.69, 9.17) is 0 Å². The number of aliphatic hydroxyl groups is 1. The molecule has 1 aliphatic rings. The second kappa shape index (κ2) is 14.2. The molecule has 3 rings (SSSR count). The number of anilines is 3. The van der Waals surface area contributed by atoms with E-state index in [0.29, 0.717) is 17.9 Å². The molecule has 2 heterocycles. The molecule has 1 fully saturated rings. The number of nitrogens with one attached hydrogen (secondary N) is 1. The lowest BCUT2D eigenvalue weighted by molar-refractivity contribution is -0.274. The van der Waals surface area contributed by atoms with Crippen LogP contribution in [0.3, 0.4) is 0 Å². The Hall–Kier alpha value is -3.33. The summed E-state index contributed by atoms with van der Waals surface area (Å²) in [5, 5.41) is 13.6. The van der Waals surface area contributed by atoms with Crippen LogP contribution in [0.25, 0.3) is 5.57 Å². The largest absolute Gasteiger partial charge is 0.573 e. The molecule has 1 aromatic carbocycles. The van der Waals surface area contributed by atoms with Gasteiger partial charge in [-0.25, -0.2) is 4.98 Å². The molecule has 0 amide bonds. The highest BCUT2D eigenvalue weighted by molar-refractivity contribution is 5.89. The first kappa shape index (κ1) is 31.9. The molecule has 0 bridgehead atoms. The molecule has 0 saturated carbocycles. The topological polar surface area (TPSA) is 74.7 Å². The van der Waals surface area contributed by atoms with Crippen LogP contribution >= 0.6 is 0 Å². The van der Waals surface area contributed by atoms with Gasteiger partial charge in [0.15, 0.2) is 5.78 Å². The molecule has 0 aliphatic carbocycles. The van der Waals surface area contributed by atoms with Gasteiger partial charge in [-0.3, -0.25) is 4.79 Å². The van der Waals surface area contributed by atoms with E-state index in [1.807, 2.05) is 26.8 Å². The minimum atomic E-state index is -4.73. The monoisotopic (exact) mass is 547 g/mol. The number of alkyl halides is 3. The van der Waals surface area contributed by atoms with E-state index in [-0.39, 0.29) is 17.5 Å². The van der Waals surface area contributed by atoms with Gasteiger partial charge in [-0.15, -0.1) is 13.2 Å². The van der Waals surface area contributed by atoms with Gasteiger partial charge in [0, 0.05) is 48.6 Å².